The molecule has 0 unspecified atom stereocenters. The zero-order valence-electron chi connectivity index (χ0n) is 21.0. The van der Waals surface area contributed by atoms with Gasteiger partial charge in [-0.1, -0.05) is 39.0 Å². The molecule has 0 atom stereocenters. The number of rotatable bonds is 7. The first kappa shape index (κ1) is 26.1. The second-order valence-electron chi connectivity index (χ2n) is 9.85. The third-order valence-electron chi connectivity index (χ3n) is 6.25. The normalized spacial score (nSPS) is 12.2. The van der Waals surface area contributed by atoms with E-state index in [0.29, 0.717) is 24.1 Å². The number of hydrogen-bond acceptors (Lipinski definition) is 3. The van der Waals surface area contributed by atoms with Gasteiger partial charge in [0, 0.05) is 6.54 Å². The highest BCUT2D eigenvalue weighted by atomic mass is 32.2. The van der Waals surface area contributed by atoms with E-state index < -0.39 is 10.0 Å². The van der Waals surface area contributed by atoms with E-state index in [1.54, 1.807) is 13.8 Å². The molecule has 2 aromatic rings. The van der Waals surface area contributed by atoms with Gasteiger partial charge < -0.3 is 5.32 Å². The third kappa shape index (κ3) is 5.99. The maximum atomic E-state index is 12.9. The summed E-state index contributed by atoms with van der Waals surface area (Å²) in [5.74, 6) is -0.338. The highest BCUT2D eigenvalue weighted by Crippen LogP contribution is 2.27. The van der Waals surface area contributed by atoms with Crippen LogP contribution >= 0.6 is 0 Å². The molecule has 0 heterocycles. The minimum atomic E-state index is -3.78. The Morgan fingerprint density at radius 2 is 1.34 bits per heavy atom. The average molecular weight is 459 g/mol. The van der Waals surface area contributed by atoms with Crippen LogP contribution in [-0.4, -0.2) is 27.4 Å². The van der Waals surface area contributed by atoms with Gasteiger partial charge in [0.05, 0.1) is 11.4 Å². The molecule has 6 heteroatoms. The van der Waals surface area contributed by atoms with Gasteiger partial charge in [-0.3, -0.25) is 4.79 Å². The first-order chi connectivity index (χ1) is 14.6. The molecule has 176 valence electrons. The average Bonchev–Trinajstić information content (AvgIpc) is 2.66. The molecular weight excluding hydrogens is 420 g/mol. The zero-order valence-corrected chi connectivity index (χ0v) is 21.8. The molecule has 0 radical (unpaired) electrons. The Morgan fingerprint density at radius 1 is 0.844 bits per heavy atom. The van der Waals surface area contributed by atoms with E-state index in [9.17, 15) is 13.2 Å². The Balaban J connectivity index is 2.01. The summed E-state index contributed by atoms with van der Waals surface area (Å²) in [6.07, 6.45) is 0.704. The molecule has 2 rings (SSSR count). The number of carbonyl (C=O) groups excluding carboxylic acids is 1. The zero-order chi connectivity index (χ0) is 24.4. The summed E-state index contributed by atoms with van der Waals surface area (Å²) in [5.41, 5.74) is 8.30. The van der Waals surface area contributed by atoms with Crippen LogP contribution in [0.5, 0.6) is 0 Å². The lowest BCUT2D eigenvalue weighted by atomic mass is 9.83. The van der Waals surface area contributed by atoms with Crippen molar-refractivity contribution < 1.29 is 13.2 Å². The van der Waals surface area contributed by atoms with Crippen LogP contribution in [0.2, 0.25) is 0 Å². The number of hydrogen-bond donors (Lipinski definition) is 2. The van der Waals surface area contributed by atoms with Crippen LogP contribution in [0.15, 0.2) is 23.1 Å². The van der Waals surface area contributed by atoms with Gasteiger partial charge in [0.1, 0.15) is 0 Å². The fourth-order valence-electron chi connectivity index (χ4n) is 4.03. The molecule has 32 heavy (non-hydrogen) atoms. The Bertz CT molecular complexity index is 1080. The lowest BCUT2D eigenvalue weighted by Crippen LogP contribution is -2.38. The largest absolute Gasteiger partial charge is 0.355 e. The molecule has 1 amide bonds. The summed E-state index contributed by atoms with van der Waals surface area (Å²) < 4.78 is 28.2. The fourth-order valence-corrected chi connectivity index (χ4v) is 5.62. The van der Waals surface area contributed by atoms with Crippen LogP contribution < -0.4 is 10.0 Å². The molecule has 0 spiro atoms. The molecule has 0 aliphatic rings. The topological polar surface area (TPSA) is 75.3 Å². The monoisotopic (exact) mass is 458 g/mol. The van der Waals surface area contributed by atoms with Crippen LogP contribution in [0.25, 0.3) is 0 Å². The molecule has 0 aromatic heterocycles. The lowest BCUT2D eigenvalue weighted by Gasteiger charge is -2.22. The number of carbonyl (C=O) groups is 1. The van der Waals surface area contributed by atoms with Crippen molar-refractivity contribution in [1.29, 1.82) is 0 Å². The van der Waals surface area contributed by atoms with Gasteiger partial charge in [-0.2, -0.15) is 0 Å². The Labute approximate surface area is 194 Å². The van der Waals surface area contributed by atoms with Gasteiger partial charge in [0.25, 0.3) is 0 Å². The van der Waals surface area contributed by atoms with E-state index in [1.807, 2.05) is 19.9 Å². The maximum Gasteiger partial charge on any atom is 0.241 e. The van der Waals surface area contributed by atoms with Crippen LogP contribution in [0.3, 0.4) is 0 Å². The van der Waals surface area contributed by atoms with E-state index in [0.717, 1.165) is 11.1 Å². The standard InChI is InChI=1S/C26H38N2O3S/c1-16-12-17(2)21(6)25(20(16)5)32(30,31)28-15-24(29)27-11-10-23-18(3)13-22(14-19(23)4)26(7,8)9/h12-14,28H,10-11,15H2,1-9H3,(H,27,29). The van der Waals surface area contributed by atoms with Crippen LogP contribution in [0.1, 0.15) is 65.3 Å². The van der Waals surface area contributed by atoms with E-state index in [-0.39, 0.29) is 22.8 Å². The second-order valence-corrected chi connectivity index (χ2v) is 11.6. The van der Waals surface area contributed by atoms with Gasteiger partial charge in [0.2, 0.25) is 15.9 Å². The van der Waals surface area contributed by atoms with Crippen molar-refractivity contribution in [3.05, 3.63) is 62.7 Å². The van der Waals surface area contributed by atoms with Gasteiger partial charge >= 0.3 is 0 Å². The summed E-state index contributed by atoms with van der Waals surface area (Å²) in [7, 11) is -3.78. The summed E-state index contributed by atoms with van der Waals surface area (Å²) in [5, 5.41) is 2.84. The molecule has 5 nitrogen and oxygen atoms in total. The number of sulfonamides is 1. The Kier molecular flexibility index (Phi) is 7.95. The predicted octanol–water partition coefficient (Wildman–Crippen LogP) is 4.47. The van der Waals surface area contributed by atoms with E-state index in [2.05, 4.69) is 56.8 Å². The molecule has 0 aliphatic carbocycles. The molecule has 0 fully saturated rings. The number of nitrogens with one attached hydrogen (secondary N) is 2. The minimum absolute atomic E-state index is 0.0893. The summed E-state index contributed by atoms with van der Waals surface area (Å²) in [6, 6.07) is 6.41. The van der Waals surface area contributed by atoms with E-state index >= 15 is 0 Å². The van der Waals surface area contributed by atoms with E-state index in [1.165, 1.54) is 22.3 Å². The van der Waals surface area contributed by atoms with Crippen molar-refractivity contribution in [2.75, 3.05) is 13.1 Å². The Morgan fingerprint density at radius 3 is 1.81 bits per heavy atom. The summed E-state index contributed by atoms with van der Waals surface area (Å²) in [6.45, 7) is 18.3. The first-order valence-corrected chi connectivity index (χ1v) is 12.6. The minimum Gasteiger partial charge on any atom is -0.355 e. The van der Waals surface area contributed by atoms with Gasteiger partial charge in [-0.05, 0) is 97.9 Å². The van der Waals surface area contributed by atoms with E-state index in [4.69, 9.17) is 0 Å². The molecule has 2 aromatic carbocycles. The molecule has 0 saturated heterocycles. The lowest BCUT2D eigenvalue weighted by molar-refractivity contribution is -0.119. The van der Waals surface area contributed by atoms with Crippen LogP contribution in [0, 0.1) is 41.5 Å². The van der Waals surface area contributed by atoms with Crippen molar-refractivity contribution in [1.82, 2.24) is 10.0 Å². The van der Waals surface area contributed by atoms with Crippen molar-refractivity contribution in [2.45, 2.75) is 79.0 Å². The Hall–Kier alpha value is -2.18. The smallest absolute Gasteiger partial charge is 0.241 e. The molecule has 2 N–H and O–H groups in total. The highest BCUT2D eigenvalue weighted by Gasteiger charge is 2.23. The predicted molar refractivity (Wildman–Crippen MR) is 132 cm³/mol. The van der Waals surface area contributed by atoms with Crippen molar-refractivity contribution in [3.8, 4) is 0 Å². The summed E-state index contributed by atoms with van der Waals surface area (Å²) >= 11 is 0. The van der Waals surface area contributed by atoms with Gasteiger partial charge in [-0.25, -0.2) is 13.1 Å². The molecule has 0 aliphatic heterocycles. The maximum absolute atomic E-state index is 12.9. The van der Waals surface area contributed by atoms with Gasteiger partial charge in [0.15, 0.2) is 0 Å². The number of amides is 1. The van der Waals surface area contributed by atoms with Crippen molar-refractivity contribution in [3.63, 3.8) is 0 Å². The number of benzene rings is 2. The molecular formula is C26H38N2O3S. The first-order valence-electron chi connectivity index (χ1n) is 11.1. The SMILES string of the molecule is Cc1cc(C)c(C)c(S(=O)(=O)NCC(=O)NCCc2c(C)cc(C(C)(C)C)cc2C)c1C. The highest BCUT2D eigenvalue weighted by molar-refractivity contribution is 7.89. The van der Waals surface area contributed by atoms with Gasteiger partial charge in [-0.15, -0.1) is 0 Å². The molecule has 0 bridgehead atoms. The number of aryl methyl sites for hydroxylation is 4. The summed E-state index contributed by atoms with van der Waals surface area (Å²) in [4.78, 5) is 12.6. The molecule has 0 saturated carbocycles. The van der Waals surface area contributed by atoms with Crippen molar-refractivity contribution >= 4 is 15.9 Å². The second kappa shape index (κ2) is 9.75. The van der Waals surface area contributed by atoms with Crippen molar-refractivity contribution in [2.24, 2.45) is 0 Å². The van der Waals surface area contributed by atoms with Crippen LogP contribution in [0.4, 0.5) is 0 Å². The quantitative estimate of drug-likeness (QED) is 0.643. The van der Waals surface area contributed by atoms with Crippen LogP contribution in [-0.2, 0) is 26.7 Å². The fraction of sp³-hybridized carbons (Fsp3) is 0.500. The third-order valence-corrected chi connectivity index (χ3v) is 7.92.